The zero-order valence-corrected chi connectivity index (χ0v) is 13.5. The molecule has 1 heterocycles. The van der Waals surface area contributed by atoms with E-state index in [0.29, 0.717) is 13.1 Å². The number of methoxy groups -OCH3 is 1. The van der Waals surface area contributed by atoms with Crippen LogP contribution in [0.4, 0.5) is 0 Å². The second-order valence-electron chi connectivity index (χ2n) is 5.65. The number of ether oxygens (including phenoxy) is 1. The summed E-state index contributed by atoms with van der Waals surface area (Å²) in [6, 6.07) is 9.28. The van der Waals surface area contributed by atoms with Crippen molar-refractivity contribution >= 4 is 15.9 Å². The van der Waals surface area contributed by atoms with Crippen molar-refractivity contribution in [2.75, 3.05) is 26.0 Å². The van der Waals surface area contributed by atoms with E-state index in [-0.39, 0.29) is 17.6 Å². The minimum absolute atomic E-state index is 0.0836. The Morgan fingerprint density at radius 2 is 2.09 bits per heavy atom. The summed E-state index contributed by atoms with van der Waals surface area (Å²) in [5.74, 6) is -0.325. The molecule has 0 spiro atoms. The number of primary sulfonamides is 1. The third-order valence-electron chi connectivity index (χ3n) is 3.86. The Balaban J connectivity index is 2.07. The number of carbonyl (C=O) groups is 1. The molecule has 1 amide bonds. The second-order valence-corrected chi connectivity index (χ2v) is 7.31. The Bertz CT molecular complexity index is 603. The van der Waals surface area contributed by atoms with Crippen LogP contribution in [0.25, 0.3) is 0 Å². The molecule has 1 aromatic carbocycles. The number of likely N-dealkylation sites (tertiary alicyclic amines) is 1. The van der Waals surface area contributed by atoms with Crippen molar-refractivity contribution in [3.8, 4) is 0 Å². The predicted molar refractivity (Wildman–Crippen MR) is 83.5 cm³/mol. The van der Waals surface area contributed by atoms with Crippen LogP contribution >= 0.6 is 0 Å². The van der Waals surface area contributed by atoms with Crippen molar-refractivity contribution in [2.45, 2.75) is 18.9 Å². The van der Waals surface area contributed by atoms with E-state index >= 15 is 0 Å². The minimum atomic E-state index is -3.52. The van der Waals surface area contributed by atoms with Crippen molar-refractivity contribution in [3.63, 3.8) is 0 Å². The number of nitrogens with two attached hydrogens (primary N) is 1. The summed E-state index contributed by atoms with van der Waals surface area (Å²) in [6.45, 7) is 1.02. The highest BCUT2D eigenvalue weighted by Gasteiger charge is 2.31. The lowest BCUT2D eigenvalue weighted by molar-refractivity contribution is -0.144. The van der Waals surface area contributed by atoms with Crippen LogP contribution in [0.2, 0.25) is 0 Å². The van der Waals surface area contributed by atoms with Gasteiger partial charge in [-0.2, -0.15) is 0 Å². The number of sulfonamides is 1. The van der Waals surface area contributed by atoms with Crippen LogP contribution in [0.15, 0.2) is 30.3 Å². The summed E-state index contributed by atoms with van der Waals surface area (Å²) in [7, 11) is -2.02. The predicted octanol–water partition coefficient (Wildman–Crippen LogP) is 0.901. The highest BCUT2D eigenvalue weighted by Crippen LogP contribution is 2.24. The van der Waals surface area contributed by atoms with Gasteiger partial charge in [-0.05, 0) is 24.3 Å². The van der Waals surface area contributed by atoms with Gasteiger partial charge in [0.2, 0.25) is 10.0 Å². The molecule has 122 valence electrons. The van der Waals surface area contributed by atoms with Crippen LogP contribution in [-0.2, 0) is 19.6 Å². The van der Waals surface area contributed by atoms with E-state index in [2.05, 4.69) is 0 Å². The lowest BCUT2D eigenvalue weighted by Crippen LogP contribution is -2.44. The van der Waals surface area contributed by atoms with E-state index in [4.69, 9.17) is 9.88 Å². The molecule has 1 aromatic rings. The molecule has 7 heteroatoms. The zero-order chi connectivity index (χ0) is 16.2. The standard InChI is InChI=1S/C15H22N2O4S/c1-21-14(13-7-3-2-4-8-13)15(18)17-9-5-6-12(10-17)11-22(16,19)20/h2-4,7-8,12,14H,5-6,9-11H2,1H3,(H2,16,19,20)/t12-,14-/m1/s1. The largest absolute Gasteiger partial charge is 0.367 e. The first-order valence-corrected chi connectivity index (χ1v) is 8.99. The molecule has 2 atom stereocenters. The quantitative estimate of drug-likeness (QED) is 0.870. The smallest absolute Gasteiger partial charge is 0.256 e. The number of hydrogen-bond acceptors (Lipinski definition) is 4. The van der Waals surface area contributed by atoms with Gasteiger partial charge in [0.1, 0.15) is 0 Å². The fourth-order valence-corrected chi connectivity index (χ4v) is 3.83. The zero-order valence-electron chi connectivity index (χ0n) is 12.6. The van der Waals surface area contributed by atoms with Gasteiger partial charge in [0, 0.05) is 20.2 Å². The summed E-state index contributed by atoms with van der Waals surface area (Å²) < 4.78 is 27.8. The van der Waals surface area contributed by atoms with Crippen LogP contribution in [0, 0.1) is 5.92 Å². The molecule has 22 heavy (non-hydrogen) atoms. The highest BCUT2D eigenvalue weighted by atomic mass is 32.2. The number of rotatable bonds is 5. The van der Waals surface area contributed by atoms with Gasteiger partial charge in [-0.1, -0.05) is 30.3 Å². The summed E-state index contributed by atoms with van der Waals surface area (Å²) in [6.07, 6.45) is 0.884. The highest BCUT2D eigenvalue weighted by molar-refractivity contribution is 7.89. The molecular formula is C15H22N2O4S. The monoisotopic (exact) mass is 326 g/mol. The average molecular weight is 326 g/mol. The summed E-state index contributed by atoms with van der Waals surface area (Å²) >= 11 is 0. The molecular weight excluding hydrogens is 304 g/mol. The maximum Gasteiger partial charge on any atom is 0.256 e. The van der Waals surface area contributed by atoms with Crippen molar-refractivity contribution in [3.05, 3.63) is 35.9 Å². The molecule has 2 N–H and O–H groups in total. The second kappa shape index (κ2) is 7.21. The van der Waals surface area contributed by atoms with E-state index in [0.717, 1.165) is 18.4 Å². The molecule has 1 fully saturated rings. The maximum atomic E-state index is 12.7. The number of nitrogens with zero attached hydrogens (tertiary/aromatic N) is 1. The minimum Gasteiger partial charge on any atom is -0.367 e. The SMILES string of the molecule is CO[C@@H](C(=O)N1CCC[C@@H](CS(N)(=O)=O)C1)c1ccccc1. The maximum absolute atomic E-state index is 12.7. The number of hydrogen-bond donors (Lipinski definition) is 1. The van der Waals surface area contributed by atoms with E-state index in [1.165, 1.54) is 7.11 Å². The molecule has 0 bridgehead atoms. The van der Waals surface area contributed by atoms with Gasteiger partial charge in [0.15, 0.2) is 6.10 Å². The van der Waals surface area contributed by atoms with Crippen LogP contribution in [0.3, 0.4) is 0 Å². The third-order valence-corrected chi connectivity index (χ3v) is 4.80. The molecule has 0 unspecified atom stereocenters. The number of piperidine rings is 1. The third kappa shape index (κ3) is 4.53. The van der Waals surface area contributed by atoms with Crippen molar-refractivity contribution < 1.29 is 17.9 Å². The molecule has 2 rings (SSSR count). The summed E-state index contributed by atoms with van der Waals surface area (Å²) in [4.78, 5) is 14.3. The fourth-order valence-electron chi connectivity index (χ4n) is 2.90. The van der Waals surface area contributed by atoms with Gasteiger partial charge < -0.3 is 9.64 Å². The van der Waals surface area contributed by atoms with Crippen molar-refractivity contribution in [2.24, 2.45) is 11.1 Å². The van der Waals surface area contributed by atoms with Gasteiger partial charge in [-0.3, -0.25) is 4.79 Å². The van der Waals surface area contributed by atoms with E-state index in [1.807, 2.05) is 30.3 Å². The van der Waals surface area contributed by atoms with E-state index in [9.17, 15) is 13.2 Å². The Kier molecular flexibility index (Phi) is 5.55. The molecule has 0 aliphatic carbocycles. The molecule has 6 nitrogen and oxygen atoms in total. The van der Waals surface area contributed by atoms with E-state index < -0.39 is 16.1 Å². The van der Waals surface area contributed by atoms with Gasteiger partial charge in [0.05, 0.1) is 5.75 Å². The Morgan fingerprint density at radius 1 is 1.41 bits per heavy atom. The van der Waals surface area contributed by atoms with Gasteiger partial charge in [-0.15, -0.1) is 0 Å². The Morgan fingerprint density at radius 3 is 2.68 bits per heavy atom. The van der Waals surface area contributed by atoms with Crippen LogP contribution in [-0.4, -0.2) is 45.2 Å². The molecule has 0 aromatic heterocycles. The average Bonchev–Trinajstić information content (AvgIpc) is 2.47. The Hall–Kier alpha value is -1.44. The van der Waals surface area contributed by atoms with Gasteiger partial charge in [-0.25, -0.2) is 13.6 Å². The van der Waals surface area contributed by atoms with Crippen molar-refractivity contribution in [1.29, 1.82) is 0 Å². The first-order chi connectivity index (χ1) is 10.4. The van der Waals surface area contributed by atoms with Gasteiger partial charge in [0.25, 0.3) is 5.91 Å². The molecule has 1 aliphatic heterocycles. The van der Waals surface area contributed by atoms with Crippen molar-refractivity contribution in [1.82, 2.24) is 4.90 Å². The number of amides is 1. The lowest BCUT2D eigenvalue weighted by atomic mass is 9.98. The first kappa shape index (κ1) is 16.9. The molecule has 1 saturated heterocycles. The summed E-state index contributed by atoms with van der Waals surface area (Å²) in [5, 5.41) is 5.11. The molecule has 0 saturated carbocycles. The Labute approximate surface area is 131 Å². The van der Waals surface area contributed by atoms with Crippen LogP contribution in [0.1, 0.15) is 24.5 Å². The van der Waals surface area contributed by atoms with Crippen LogP contribution < -0.4 is 5.14 Å². The topological polar surface area (TPSA) is 89.7 Å². The lowest BCUT2D eigenvalue weighted by Gasteiger charge is -2.34. The number of benzene rings is 1. The first-order valence-electron chi connectivity index (χ1n) is 7.27. The van der Waals surface area contributed by atoms with E-state index in [1.54, 1.807) is 4.90 Å². The normalized spacial score (nSPS) is 20.6. The molecule has 1 aliphatic rings. The molecule has 0 radical (unpaired) electrons. The van der Waals surface area contributed by atoms with Crippen LogP contribution in [0.5, 0.6) is 0 Å². The van der Waals surface area contributed by atoms with Gasteiger partial charge >= 0.3 is 0 Å². The fraction of sp³-hybridized carbons (Fsp3) is 0.533. The number of carbonyl (C=O) groups excluding carboxylic acids is 1. The summed E-state index contributed by atoms with van der Waals surface area (Å²) in [5.41, 5.74) is 0.795.